The van der Waals surface area contributed by atoms with E-state index < -0.39 is 5.24 Å². The molecule has 0 bridgehead atoms. The van der Waals surface area contributed by atoms with Crippen LogP contribution in [0.25, 0.3) is 0 Å². The first-order valence-corrected chi connectivity index (χ1v) is 7.04. The number of nitrogens with one attached hydrogen (secondary N) is 1. The molecule has 0 unspecified atom stereocenters. The van der Waals surface area contributed by atoms with E-state index >= 15 is 0 Å². The molecule has 5 nitrogen and oxygen atoms in total. The molecule has 0 fully saturated rings. The standard InChI is InChI=1S/C7H5ClO.C7H8N2O.C3H6O/c8-7(9)6-4-2-1-3-5-6;8-9-7(10)6-4-2-1-3-5-6;1-3(2)4/h1-5H;1-5H,8H2,(H,9,10);1-2H3. The Bertz CT molecular complexity index is 612. The number of carbonyl (C=O) groups is 3. The van der Waals surface area contributed by atoms with Gasteiger partial charge in [0.2, 0.25) is 0 Å². The third-order valence-corrected chi connectivity index (χ3v) is 2.39. The first-order chi connectivity index (χ1) is 10.9. The van der Waals surface area contributed by atoms with E-state index in [0.717, 1.165) is 0 Å². The monoisotopic (exact) mass is 334 g/mol. The third kappa shape index (κ3) is 10.8. The van der Waals surface area contributed by atoms with Gasteiger partial charge in [-0.2, -0.15) is 0 Å². The summed E-state index contributed by atoms with van der Waals surface area (Å²) in [6, 6.07) is 17.5. The summed E-state index contributed by atoms with van der Waals surface area (Å²) < 4.78 is 0. The van der Waals surface area contributed by atoms with Gasteiger partial charge >= 0.3 is 0 Å². The van der Waals surface area contributed by atoms with Gasteiger partial charge in [-0.15, -0.1) is 0 Å². The largest absolute Gasteiger partial charge is 0.300 e. The molecule has 2 rings (SSSR count). The molecule has 0 atom stereocenters. The molecule has 0 heterocycles. The lowest BCUT2D eigenvalue weighted by molar-refractivity contribution is -0.115. The molecule has 23 heavy (non-hydrogen) atoms. The van der Waals surface area contributed by atoms with E-state index in [9.17, 15) is 14.4 Å². The average molecular weight is 335 g/mol. The van der Waals surface area contributed by atoms with Crippen LogP contribution in [0.3, 0.4) is 0 Å². The van der Waals surface area contributed by atoms with E-state index in [2.05, 4.69) is 0 Å². The number of amides is 1. The maximum Gasteiger partial charge on any atom is 0.265 e. The van der Waals surface area contributed by atoms with E-state index in [1.54, 1.807) is 48.5 Å². The Hall–Kier alpha value is -2.50. The summed E-state index contributed by atoms with van der Waals surface area (Å²) in [5.41, 5.74) is 3.16. The Balaban J connectivity index is 0.000000345. The lowest BCUT2D eigenvalue weighted by Gasteiger charge is -1.95. The fourth-order valence-corrected chi connectivity index (χ4v) is 1.37. The van der Waals surface area contributed by atoms with Crippen LogP contribution in [0.1, 0.15) is 34.6 Å². The number of halogens is 1. The minimum absolute atomic E-state index is 0.167. The highest BCUT2D eigenvalue weighted by Crippen LogP contribution is 2.01. The van der Waals surface area contributed by atoms with Gasteiger partial charge in [-0.05, 0) is 37.6 Å². The zero-order valence-electron chi connectivity index (χ0n) is 13.0. The lowest BCUT2D eigenvalue weighted by atomic mass is 10.2. The Labute approximate surface area is 140 Å². The molecule has 0 saturated carbocycles. The van der Waals surface area contributed by atoms with Crippen LogP contribution in [0.5, 0.6) is 0 Å². The minimum atomic E-state index is -0.407. The van der Waals surface area contributed by atoms with Crippen LogP contribution in [0.4, 0.5) is 0 Å². The summed E-state index contributed by atoms with van der Waals surface area (Å²) >= 11 is 5.16. The molecule has 1 amide bonds. The first-order valence-electron chi connectivity index (χ1n) is 6.66. The average Bonchev–Trinajstić information content (AvgIpc) is 2.56. The van der Waals surface area contributed by atoms with Gasteiger partial charge in [0.25, 0.3) is 11.1 Å². The predicted octanol–water partition coefficient (Wildman–Crippen LogP) is 2.95. The van der Waals surface area contributed by atoms with Gasteiger partial charge in [0.05, 0.1) is 0 Å². The molecule has 122 valence electrons. The van der Waals surface area contributed by atoms with E-state index in [0.29, 0.717) is 11.1 Å². The number of carbonyl (C=O) groups excluding carboxylic acids is 3. The first kappa shape index (κ1) is 20.5. The molecule has 0 radical (unpaired) electrons. The zero-order valence-corrected chi connectivity index (χ0v) is 13.7. The summed E-state index contributed by atoms with van der Waals surface area (Å²) in [5, 5.41) is -0.407. The number of nitrogen functional groups attached to an aromatic ring is 1. The van der Waals surface area contributed by atoms with Crippen LogP contribution in [-0.4, -0.2) is 16.9 Å². The van der Waals surface area contributed by atoms with Crippen molar-refractivity contribution in [3.8, 4) is 0 Å². The van der Waals surface area contributed by atoms with Crippen LogP contribution in [0.15, 0.2) is 60.7 Å². The van der Waals surface area contributed by atoms with E-state index in [4.69, 9.17) is 17.4 Å². The topological polar surface area (TPSA) is 89.3 Å². The van der Waals surface area contributed by atoms with Crippen LogP contribution in [0, 0.1) is 0 Å². The highest BCUT2D eigenvalue weighted by atomic mass is 35.5. The van der Waals surface area contributed by atoms with E-state index in [1.807, 2.05) is 17.6 Å². The fourth-order valence-electron chi connectivity index (χ4n) is 1.24. The Kier molecular flexibility index (Phi) is 10.8. The van der Waals surface area contributed by atoms with Crippen molar-refractivity contribution in [2.24, 2.45) is 5.84 Å². The highest BCUT2D eigenvalue weighted by Gasteiger charge is 1.98. The summed E-state index contributed by atoms with van der Waals surface area (Å²) in [7, 11) is 0. The second-order valence-electron chi connectivity index (χ2n) is 4.39. The highest BCUT2D eigenvalue weighted by molar-refractivity contribution is 6.67. The molecule has 6 heteroatoms. The maximum absolute atomic E-state index is 10.8. The Morgan fingerprint density at radius 2 is 1.17 bits per heavy atom. The Morgan fingerprint density at radius 3 is 1.43 bits per heavy atom. The van der Waals surface area contributed by atoms with Crippen LogP contribution in [-0.2, 0) is 4.79 Å². The number of Topliss-reactive ketones (excluding diaryl/α,β-unsaturated/α-hetero) is 1. The van der Waals surface area contributed by atoms with Gasteiger partial charge in [0.15, 0.2) is 0 Å². The molecule has 0 spiro atoms. The second-order valence-corrected chi connectivity index (χ2v) is 4.73. The van der Waals surface area contributed by atoms with E-state index in [1.165, 1.54) is 13.8 Å². The second kappa shape index (κ2) is 12.1. The number of rotatable bonds is 2. The Morgan fingerprint density at radius 1 is 0.826 bits per heavy atom. The molecular formula is C17H19ClN2O3. The third-order valence-electron chi connectivity index (χ3n) is 2.17. The summed E-state index contributed by atoms with van der Waals surface area (Å²) in [6.07, 6.45) is 0. The number of hydrogen-bond donors (Lipinski definition) is 2. The smallest absolute Gasteiger partial charge is 0.265 e. The van der Waals surface area contributed by atoms with Crippen molar-refractivity contribution >= 4 is 28.5 Å². The van der Waals surface area contributed by atoms with Crippen molar-refractivity contribution in [1.29, 1.82) is 0 Å². The molecule has 2 aromatic carbocycles. The minimum Gasteiger partial charge on any atom is -0.300 e. The molecule has 0 aromatic heterocycles. The van der Waals surface area contributed by atoms with E-state index in [-0.39, 0.29) is 11.7 Å². The van der Waals surface area contributed by atoms with Crippen molar-refractivity contribution in [1.82, 2.24) is 5.43 Å². The van der Waals surface area contributed by atoms with Gasteiger partial charge in [0.1, 0.15) is 5.78 Å². The quantitative estimate of drug-likeness (QED) is 0.382. The summed E-state index contributed by atoms with van der Waals surface area (Å²) in [6.45, 7) is 3.06. The SMILES string of the molecule is CC(C)=O.NNC(=O)c1ccccc1.O=C(Cl)c1ccccc1. The van der Waals surface area contributed by atoms with Crippen molar-refractivity contribution in [2.45, 2.75) is 13.8 Å². The van der Waals surface area contributed by atoms with Gasteiger partial charge in [-0.25, -0.2) is 5.84 Å². The van der Waals surface area contributed by atoms with Crippen LogP contribution in [0.2, 0.25) is 0 Å². The lowest BCUT2D eigenvalue weighted by Crippen LogP contribution is -2.29. The summed E-state index contributed by atoms with van der Waals surface area (Å²) in [4.78, 5) is 30.6. The molecule has 0 aliphatic rings. The van der Waals surface area contributed by atoms with Crippen molar-refractivity contribution in [3.63, 3.8) is 0 Å². The number of hydrogen-bond acceptors (Lipinski definition) is 4. The number of nitrogens with two attached hydrogens (primary N) is 1. The number of hydrazine groups is 1. The summed E-state index contributed by atoms with van der Waals surface area (Å²) in [5.74, 6) is 4.81. The molecule has 2 aromatic rings. The fraction of sp³-hybridized carbons (Fsp3) is 0.118. The number of ketones is 1. The van der Waals surface area contributed by atoms with Gasteiger partial charge in [-0.3, -0.25) is 15.0 Å². The number of benzene rings is 2. The predicted molar refractivity (Wildman–Crippen MR) is 91.1 cm³/mol. The molecule has 0 aliphatic carbocycles. The molecule has 0 saturated heterocycles. The maximum atomic E-state index is 10.8. The van der Waals surface area contributed by atoms with Gasteiger partial charge in [-0.1, -0.05) is 48.5 Å². The normalized spacial score (nSPS) is 8.52. The molecule has 0 aliphatic heterocycles. The zero-order chi connectivity index (χ0) is 17.7. The van der Waals surface area contributed by atoms with Crippen molar-refractivity contribution < 1.29 is 14.4 Å². The van der Waals surface area contributed by atoms with Gasteiger partial charge < -0.3 is 4.79 Å². The molecule has 3 N–H and O–H groups in total. The van der Waals surface area contributed by atoms with Crippen molar-refractivity contribution in [2.75, 3.05) is 0 Å². The van der Waals surface area contributed by atoms with Crippen molar-refractivity contribution in [3.05, 3.63) is 71.8 Å². The van der Waals surface area contributed by atoms with Crippen LogP contribution >= 0.6 is 11.6 Å². The molecular weight excluding hydrogens is 316 g/mol. The van der Waals surface area contributed by atoms with Gasteiger partial charge in [0, 0.05) is 11.1 Å². The van der Waals surface area contributed by atoms with Crippen LogP contribution < -0.4 is 11.3 Å².